The predicted octanol–water partition coefficient (Wildman–Crippen LogP) is 3.69. The van der Waals surface area contributed by atoms with Gasteiger partial charge in [-0.15, -0.1) is 0 Å². The number of piperazine rings is 1. The summed E-state index contributed by atoms with van der Waals surface area (Å²) in [6.07, 6.45) is 4.40. The Morgan fingerprint density at radius 2 is 1.81 bits per heavy atom. The number of benzene rings is 1. The van der Waals surface area contributed by atoms with Crippen molar-refractivity contribution in [3.63, 3.8) is 0 Å². The highest BCUT2D eigenvalue weighted by atomic mass is 16.5. The molecule has 5 rings (SSSR count). The number of anilines is 2. The Morgan fingerprint density at radius 1 is 0.968 bits per heavy atom. The normalized spacial score (nSPS) is 20.2. The number of pyridine rings is 1. The molecule has 4 heterocycles. The monoisotopic (exact) mass is 418 g/mol. The number of nitrogens with zero attached hydrogens (tertiary/aromatic N) is 6. The van der Waals surface area contributed by atoms with Crippen molar-refractivity contribution in [2.45, 2.75) is 26.3 Å². The Morgan fingerprint density at radius 3 is 2.55 bits per heavy atom. The highest BCUT2D eigenvalue weighted by Gasteiger charge is 2.21. The van der Waals surface area contributed by atoms with Crippen LogP contribution in [0.15, 0.2) is 53.2 Å². The predicted molar refractivity (Wildman–Crippen MR) is 122 cm³/mol. The standard InChI is InChI=1S/C24H30N6O/c1-19-6-5-11-30(17-19)22-10-9-20(16-25-22)24-26-23(31-27-24)18-28-12-14-29(15-13-28)21-7-3-2-4-8-21/h2-4,7-10,16,19H,5-6,11-15,17-18H2,1H3. The third-order valence-corrected chi connectivity index (χ3v) is 6.31. The van der Waals surface area contributed by atoms with Crippen LogP contribution in [0.1, 0.15) is 25.7 Å². The van der Waals surface area contributed by atoms with Crippen molar-refractivity contribution in [2.75, 3.05) is 49.1 Å². The van der Waals surface area contributed by atoms with Crippen LogP contribution < -0.4 is 9.80 Å². The summed E-state index contributed by atoms with van der Waals surface area (Å²) in [6, 6.07) is 14.7. The molecule has 0 bridgehead atoms. The molecule has 1 unspecified atom stereocenters. The number of piperidine rings is 1. The lowest BCUT2D eigenvalue weighted by molar-refractivity contribution is 0.215. The van der Waals surface area contributed by atoms with Gasteiger partial charge in [0, 0.05) is 56.7 Å². The lowest BCUT2D eigenvalue weighted by Crippen LogP contribution is -2.46. The second-order valence-corrected chi connectivity index (χ2v) is 8.71. The fraction of sp³-hybridized carbons (Fsp3) is 0.458. The smallest absolute Gasteiger partial charge is 0.241 e. The van der Waals surface area contributed by atoms with E-state index in [9.17, 15) is 0 Å². The Labute approximate surface area is 183 Å². The van der Waals surface area contributed by atoms with Crippen LogP contribution in [0.3, 0.4) is 0 Å². The van der Waals surface area contributed by atoms with Gasteiger partial charge in [0.25, 0.3) is 0 Å². The van der Waals surface area contributed by atoms with E-state index in [0.29, 0.717) is 18.3 Å². The maximum atomic E-state index is 5.54. The van der Waals surface area contributed by atoms with Crippen LogP contribution in [0.2, 0.25) is 0 Å². The summed E-state index contributed by atoms with van der Waals surface area (Å²) in [6.45, 7) is 9.14. The first-order chi connectivity index (χ1) is 15.2. The van der Waals surface area contributed by atoms with Gasteiger partial charge in [0.2, 0.25) is 11.7 Å². The quantitative estimate of drug-likeness (QED) is 0.626. The number of hydrogen-bond donors (Lipinski definition) is 0. The molecule has 0 N–H and O–H groups in total. The largest absolute Gasteiger partial charge is 0.369 e. The zero-order valence-corrected chi connectivity index (χ0v) is 18.2. The Balaban J connectivity index is 1.17. The Bertz CT molecular complexity index is 965. The maximum Gasteiger partial charge on any atom is 0.241 e. The van der Waals surface area contributed by atoms with Gasteiger partial charge in [-0.2, -0.15) is 4.98 Å². The minimum atomic E-state index is 0.615. The molecule has 2 saturated heterocycles. The Hall–Kier alpha value is -2.93. The fourth-order valence-corrected chi connectivity index (χ4v) is 4.53. The van der Waals surface area contributed by atoms with Crippen molar-refractivity contribution < 1.29 is 4.52 Å². The minimum absolute atomic E-state index is 0.615. The van der Waals surface area contributed by atoms with Gasteiger partial charge in [-0.3, -0.25) is 4.90 Å². The lowest BCUT2D eigenvalue weighted by Gasteiger charge is -2.35. The molecule has 2 fully saturated rings. The van der Waals surface area contributed by atoms with Crippen molar-refractivity contribution in [3.8, 4) is 11.4 Å². The molecule has 0 radical (unpaired) electrons. The minimum Gasteiger partial charge on any atom is -0.369 e. The molecule has 0 aliphatic carbocycles. The van der Waals surface area contributed by atoms with E-state index in [2.05, 4.69) is 79.2 Å². The van der Waals surface area contributed by atoms with Crippen LogP contribution in [0, 0.1) is 5.92 Å². The van der Waals surface area contributed by atoms with E-state index in [1.165, 1.54) is 18.5 Å². The molecule has 3 aromatic rings. The third-order valence-electron chi connectivity index (χ3n) is 6.31. The zero-order valence-electron chi connectivity index (χ0n) is 18.2. The molecule has 7 nitrogen and oxygen atoms in total. The van der Waals surface area contributed by atoms with Crippen LogP contribution in [-0.2, 0) is 6.54 Å². The summed E-state index contributed by atoms with van der Waals surface area (Å²) in [4.78, 5) is 16.4. The van der Waals surface area contributed by atoms with E-state index >= 15 is 0 Å². The van der Waals surface area contributed by atoms with Gasteiger partial charge in [-0.05, 0) is 43.0 Å². The van der Waals surface area contributed by atoms with Crippen LogP contribution in [0.4, 0.5) is 11.5 Å². The van der Waals surface area contributed by atoms with E-state index < -0.39 is 0 Å². The van der Waals surface area contributed by atoms with E-state index in [4.69, 9.17) is 4.52 Å². The highest BCUT2D eigenvalue weighted by molar-refractivity contribution is 5.56. The molecule has 31 heavy (non-hydrogen) atoms. The molecular formula is C24H30N6O. The average Bonchev–Trinajstić information content (AvgIpc) is 3.29. The molecule has 0 saturated carbocycles. The first-order valence-corrected chi connectivity index (χ1v) is 11.3. The molecule has 7 heteroatoms. The van der Waals surface area contributed by atoms with Gasteiger partial charge in [0.05, 0.1) is 6.54 Å². The third kappa shape index (κ3) is 4.71. The lowest BCUT2D eigenvalue weighted by atomic mass is 10.0. The molecule has 162 valence electrons. The van der Waals surface area contributed by atoms with Gasteiger partial charge in [-0.25, -0.2) is 4.98 Å². The van der Waals surface area contributed by atoms with Crippen molar-refractivity contribution in [2.24, 2.45) is 5.92 Å². The molecule has 0 spiro atoms. The SMILES string of the molecule is CC1CCCN(c2ccc(-c3noc(CN4CCN(c5ccccc5)CC4)n3)cn2)C1. The molecule has 0 amide bonds. The summed E-state index contributed by atoms with van der Waals surface area (Å²) >= 11 is 0. The first kappa shape index (κ1) is 20.0. The van der Waals surface area contributed by atoms with E-state index in [0.717, 1.165) is 56.6 Å². The molecule has 2 aliphatic rings. The summed E-state index contributed by atoms with van der Waals surface area (Å²) < 4.78 is 5.54. The van der Waals surface area contributed by atoms with Gasteiger partial charge in [-0.1, -0.05) is 30.3 Å². The van der Waals surface area contributed by atoms with Crippen molar-refractivity contribution in [1.82, 2.24) is 20.0 Å². The maximum absolute atomic E-state index is 5.54. The molecule has 1 aromatic carbocycles. The van der Waals surface area contributed by atoms with Crippen molar-refractivity contribution >= 4 is 11.5 Å². The summed E-state index contributed by atoms with van der Waals surface area (Å²) in [7, 11) is 0. The van der Waals surface area contributed by atoms with Crippen molar-refractivity contribution in [3.05, 3.63) is 54.6 Å². The van der Waals surface area contributed by atoms with E-state index in [1.54, 1.807) is 0 Å². The highest BCUT2D eigenvalue weighted by Crippen LogP contribution is 2.24. The number of rotatable bonds is 5. The van der Waals surface area contributed by atoms with Crippen molar-refractivity contribution in [1.29, 1.82) is 0 Å². The Kier molecular flexibility index (Phi) is 5.84. The van der Waals surface area contributed by atoms with E-state index in [-0.39, 0.29) is 0 Å². The van der Waals surface area contributed by atoms with Crippen LogP contribution in [0.5, 0.6) is 0 Å². The van der Waals surface area contributed by atoms with Gasteiger partial charge in [0.15, 0.2) is 0 Å². The second-order valence-electron chi connectivity index (χ2n) is 8.71. The fourth-order valence-electron chi connectivity index (χ4n) is 4.53. The van der Waals surface area contributed by atoms with E-state index in [1.807, 2.05) is 6.20 Å². The molecular weight excluding hydrogens is 388 g/mol. The topological polar surface area (TPSA) is 61.5 Å². The van der Waals surface area contributed by atoms with Crippen LogP contribution in [0.25, 0.3) is 11.4 Å². The number of hydrogen-bond acceptors (Lipinski definition) is 7. The molecule has 2 aromatic heterocycles. The first-order valence-electron chi connectivity index (χ1n) is 11.3. The average molecular weight is 419 g/mol. The summed E-state index contributed by atoms with van der Waals surface area (Å²) in [5.41, 5.74) is 2.19. The second kappa shape index (κ2) is 9.06. The number of para-hydroxylation sites is 1. The molecule has 2 aliphatic heterocycles. The van der Waals surface area contributed by atoms with Gasteiger partial charge < -0.3 is 14.3 Å². The zero-order chi connectivity index (χ0) is 21.0. The number of aromatic nitrogens is 3. The summed E-state index contributed by atoms with van der Waals surface area (Å²) in [5, 5.41) is 4.19. The van der Waals surface area contributed by atoms with Gasteiger partial charge in [0.1, 0.15) is 5.82 Å². The summed E-state index contributed by atoms with van der Waals surface area (Å²) in [5.74, 6) is 3.04. The van der Waals surface area contributed by atoms with Crippen LogP contribution >= 0.6 is 0 Å². The van der Waals surface area contributed by atoms with Crippen LogP contribution in [-0.4, -0.2) is 59.3 Å². The molecule has 1 atom stereocenters. The van der Waals surface area contributed by atoms with Gasteiger partial charge >= 0.3 is 0 Å².